The van der Waals surface area contributed by atoms with Gasteiger partial charge in [-0.15, -0.1) is 11.3 Å². The zero-order valence-electron chi connectivity index (χ0n) is 11.9. The molecule has 0 amide bonds. The number of nitriles is 2. The molecule has 0 unspecified atom stereocenters. The number of aromatic nitrogens is 3. The summed E-state index contributed by atoms with van der Waals surface area (Å²) >= 11 is 2.94. The van der Waals surface area contributed by atoms with Crippen LogP contribution in [0.15, 0.2) is 28.9 Å². The van der Waals surface area contributed by atoms with Gasteiger partial charge in [0.25, 0.3) is 0 Å². The van der Waals surface area contributed by atoms with E-state index in [1.807, 2.05) is 17.5 Å². The van der Waals surface area contributed by atoms with Gasteiger partial charge in [0, 0.05) is 34.5 Å². The summed E-state index contributed by atoms with van der Waals surface area (Å²) in [6, 6.07) is 7.55. The second kappa shape index (κ2) is 6.61. The number of hydrogen-bond donors (Lipinski definition) is 1. The van der Waals surface area contributed by atoms with Crippen LogP contribution in [0.3, 0.4) is 0 Å². The van der Waals surface area contributed by atoms with Crippen molar-refractivity contribution in [2.24, 2.45) is 0 Å². The Balaban J connectivity index is 1.70. The maximum atomic E-state index is 9.09. The van der Waals surface area contributed by atoms with Gasteiger partial charge in [-0.2, -0.15) is 10.5 Å². The minimum Gasteiger partial charge on any atom is -0.384 e. The van der Waals surface area contributed by atoms with E-state index >= 15 is 0 Å². The maximum Gasteiger partial charge on any atom is 0.190 e. The number of nitrogens with zero attached hydrogens (tertiary/aromatic N) is 5. The van der Waals surface area contributed by atoms with Gasteiger partial charge in [-0.1, -0.05) is 11.8 Å². The lowest BCUT2D eigenvalue weighted by Crippen LogP contribution is -1.99. The third kappa shape index (κ3) is 3.39. The van der Waals surface area contributed by atoms with Gasteiger partial charge in [-0.25, -0.2) is 9.97 Å². The van der Waals surface area contributed by atoms with Crippen LogP contribution in [0.4, 0.5) is 5.82 Å². The molecule has 8 heteroatoms. The monoisotopic (exact) mass is 338 g/mol. The van der Waals surface area contributed by atoms with Gasteiger partial charge in [-0.05, 0) is 12.5 Å². The number of aryl methyl sites for hydroxylation is 1. The number of pyridine rings is 1. The van der Waals surface area contributed by atoms with E-state index in [0.717, 1.165) is 15.8 Å². The lowest BCUT2D eigenvalue weighted by molar-refractivity contribution is 0.955. The van der Waals surface area contributed by atoms with E-state index in [-0.39, 0.29) is 11.5 Å². The average Bonchev–Trinajstić information content (AvgIpc) is 2.96. The molecular weight excluding hydrogens is 328 g/mol. The Labute approximate surface area is 140 Å². The number of nitrogens with two attached hydrogens (primary N) is 1. The molecule has 0 spiro atoms. The van der Waals surface area contributed by atoms with E-state index < -0.39 is 0 Å². The molecule has 3 heterocycles. The Kier molecular flexibility index (Phi) is 4.38. The van der Waals surface area contributed by atoms with E-state index in [1.54, 1.807) is 6.20 Å². The number of nitrogen functional groups attached to an aromatic ring is 1. The molecule has 6 nitrogen and oxygen atoms in total. The van der Waals surface area contributed by atoms with Crippen LogP contribution >= 0.6 is 23.1 Å². The highest BCUT2D eigenvalue weighted by Crippen LogP contribution is 2.26. The molecule has 0 aliphatic rings. The van der Waals surface area contributed by atoms with Gasteiger partial charge in [0.05, 0.1) is 10.3 Å². The first kappa shape index (κ1) is 15.2. The van der Waals surface area contributed by atoms with Crippen LogP contribution in [0.1, 0.15) is 17.0 Å². The van der Waals surface area contributed by atoms with Gasteiger partial charge in [0.2, 0.25) is 0 Å². The Hall–Kier alpha value is -2.68. The molecule has 2 N–H and O–H groups in total. The standard InChI is InChI=1S/C15H10N6S2/c16-5-9-8-23-13-7-19-10(3-12(9)13)1-2-22-15-20-11(6-17)4-14(18)21-15/h3-4,7-8H,1-2H2,(H2,18,20,21). The Bertz CT molecular complexity index is 951. The Morgan fingerprint density at radius 3 is 2.87 bits per heavy atom. The van der Waals surface area contributed by atoms with Crippen molar-refractivity contribution in [2.75, 3.05) is 11.5 Å². The predicted molar refractivity (Wildman–Crippen MR) is 89.9 cm³/mol. The number of hydrogen-bond acceptors (Lipinski definition) is 8. The van der Waals surface area contributed by atoms with Crippen molar-refractivity contribution < 1.29 is 0 Å². The summed E-state index contributed by atoms with van der Waals surface area (Å²) in [4.78, 5) is 12.6. The summed E-state index contributed by atoms with van der Waals surface area (Å²) in [6.45, 7) is 0. The Morgan fingerprint density at radius 1 is 1.22 bits per heavy atom. The lowest BCUT2D eigenvalue weighted by atomic mass is 10.2. The largest absolute Gasteiger partial charge is 0.384 e. The van der Waals surface area contributed by atoms with Crippen molar-refractivity contribution in [3.8, 4) is 12.1 Å². The normalized spacial score (nSPS) is 10.3. The number of thioether (sulfide) groups is 1. The first-order valence-corrected chi connectivity index (χ1v) is 8.50. The van der Waals surface area contributed by atoms with E-state index in [0.29, 0.717) is 22.9 Å². The highest BCUT2D eigenvalue weighted by atomic mass is 32.2. The molecule has 0 saturated heterocycles. The lowest BCUT2D eigenvalue weighted by Gasteiger charge is -2.02. The highest BCUT2D eigenvalue weighted by molar-refractivity contribution is 7.99. The molecule has 112 valence electrons. The van der Waals surface area contributed by atoms with Crippen molar-refractivity contribution >= 4 is 39.0 Å². The second-order valence-electron chi connectivity index (χ2n) is 4.60. The minimum absolute atomic E-state index is 0.261. The topological polar surface area (TPSA) is 112 Å². The molecule has 3 rings (SSSR count). The molecule has 0 aliphatic heterocycles. The van der Waals surface area contributed by atoms with Crippen molar-refractivity contribution in [2.45, 2.75) is 11.6 Å². The molecule has 0 aliphatic carbocycles. The fourth-order valence-corrected chi connectivity index (χ4v) is 3.67. The van der Waals surface area contributed by atoms with Crippen molar-refractivity contribution in [3.05, 3.63) is 40.7 Å². The maximum absolute atomic E-state index is 9.09. The third-order valence-corrected chi connectivity index (χ3v) is 4.85. The van der Waals surface area contributed by atoms with E-state index in [1.165, 1.54) is 29.2 Å². The molecule has 3 aromatic rings. The van der Waals surface area contributed by atoms with Gasteiger partial charge >= 0.3 is 0 Å². The van der Waals surface area contributed by atoms with Gasteiger partial charge < -0.3 is 5.73 Å². The van der Waals surface area contributed by atoms with Crippen molar-refractivity contribution in [3.63, 3.8) is 0 Å². The summed E-state index contributed by atoms with van der Waals surface area (Å²) in [7, 11) is 0. The van der Waals surface area contributed by atoms with Gasteiger partial charge in [0.1, 0.15) is 23.7 Å². The zero-order chi connectivity index (χ0) is 16.2. The number of rotatable bonds is 4. The average molecular weight is 338 g/mol. The number of fused-ring (bicyclic) bond motifs is 1. The fraction of sp³-hybridized carbons (Fsp3) is 0.133. The van der Waals surface area contributed by atoms with Crippen molar-refractivity contribution in [1.82, 2.24) is 15.0 Å². The third-order valence-electron chi connectivity index (χ3n) is 3.07. The van der Waals surface area contributed by atoms with Crippen molar-refractivity contribution in [1.29, 1.82) is 10.5 Å². The summed E-state index contributed by atoms with van der Waals surface area (Å²) < 4.78 is 1.01. The molecule has 0 aromatic carbocycles. The molecule has 0 saturated carbocycles. The molecule has 0 fully saturated rings. The van der Waals surface area contributed by atoms with Crippen LogP contribution in [0, 0.1) is 22.7 Å². The van der Waals surface area contributed by atoms with Crippen LogP contribution in [-0.2, 0) is 6.42 Å². The van der Waals surface area contributed by atoms with E-state index in [9.17, 15) is 0 Å². The number of thiophene rings is 1. The van der Waals surface area contributed by atoms with Crippen LogP contribution in [0.25, 0.3) is 10.1 Å². The van der Waals surface area contributed by atoms with E-state index in [4.69, 9.17) is 16.3 Å². The summed E-state index contributed by atoms with van der Waals surface area (Å²) in [5.41, 5.74) is 7.49. The van der Waals surface area contributed by atoms with E-state index in [2.05, 4.69) is 21.0 Å². The van der Waals surface area contributed by atoms with Crippen LogP contribution < -0.4 is 5.73 Å². The molecule has 0 radical (unpaired) electrons. The minimum atomic E-state index is 0.261. The summed E-state index contributed by atoms with van der Waals surface area (Å²) in [6.07, 6.45) is 2.51. The van der Waals surface area contributed by atoms with Gasteiger partial charge in [-0.3, -0.25) is 4.98 Å². The predicted octanol–water partition coefficient (Wildman–Crippen LogP) is 2.75. The van der Waals surface area contributed by atoms with Gasteiger partial charge in [0.15, 0.2) is 5.16 Å². The smallest absolute Gasteiger partial charge is 0.190 e. The first-order chi connectivity index (χ1) is 11.2. The summed E-state index contributed by atoms with van der Waals surface area (Å²) in [5.74, 6) is 0.995. The molecule has 23 heavy (non-hydrogen) atoms. The SMILES string of the molecule is N#Cc1cc(N)nc(SCCc2cc3c(C#N)csc3cn2)n1. The molecule has 0 bridgehead atoms. The zero-order valence-corrected chi connectivity index (χ0v) is 13.5. The van der Waals surface area contributed by atoms with Crippen LogP contribution in [-0.4, -0.2) is 20.7 Å². The molecule has 0 atom stereocenters. The molecular formula is C15H10N6S2. The quantitative estimate of drug-likeness (QED) is 0.575. The highest BCUT2D eigenvalue weighted by Gasteiger charge is 2.07. The summed E-state index contributed by atoms with van der Waals surface area (Å²) in [5, 5.41) is 21.2. The second-order valence-corrected chi connectivity index (χ2v) is 6.58. The fourth-order valence-electron chi connectivity index (χ4n) is 2.01. The first-order valence-electron chi connectivity index (χ1n) is 6.63. The molecule has 3 aromatic heterocycles. The Morgan fingerprint density at radius 2 is 2.09 bits per heavy atom. The van der Waals surface area contributed by atoms with Crippen LogP contribution in [0.2, 0.25) is 0 Å². The van der Waals surface area contributed by atoms with Crippen LogP contribution in [0.5, 0.6) is 0 Å². The number of anilines is 1.